The topological polar surface area (TPSA) is 49.3 Å². The lowest BCUT2D eigenvalue weighted by Gasteiger charge is -2.34. The van der Waals surface area contributed by atoms with Gasteiger partial charge in [-0.25, -0.2) is 9.97 Å². The van der Waals surface area contributed by atoms with Crippen LogP contribution in [-0.2, 0) is 4.79 Å². The first-order chi connectivity index (χ1) is 11.8. The molecule has 0 spiro atoms. The van der Waals surface area contributed by atoms with Gasteiger partial charge in [0.05, 0.1) is 6.04 Å². The van der Waals surface area contributed by atoms with Crippen molar-refractivity contribution in [1.29, 1.82) is 0 Å². The third-order valence-electron chi connectivity index (χ3n) is 5.09. The molecule has 126 valence electrons. The number of amides is 1. The number of hydrogen-bond donors (Lipinski definition) is 0. The van der Waals surface area contributed by atoms with Gasteiger partial charge in [-0.1, -0.05) is 6.07 Å². The van der Waals surface area contributed by atoms with Crippen LogP contribution in [0.3, 0.4) is 0 Å². The molecule has 6 heteroatoms. The molecule has 0 aliphatic carbocycles. The number of aromatic nitrogens is 2. The lowest BCUT2D eigenvalue weighted by Crippen LogP contribution is -2.42. The molecule has 0 aromatic carbocycles. The monoisotopic (exact) mass is 342 g/mol. The van der Waals surface area contributed by atoms with Crippen LogP contribution >= 0.6 is 11.3 Å². The predicted molar refractivity (Wildman–Crippen MR) is 95.0 cm³/mol. The maximum absolute atomic E-state index is 13.0. The average Bonchev–Trinajstić information content (AvgIpc) is 3.33. The van der Waals surface area contributed by atoms with Crippen LogP contribution in [0, 0.1) is 5.92 Å². The number of anilines is 1. The smallest absolute Gasteiger partial charge is 0.226 e. The van der Waals surface area contributed by atoms with Crippen molar-refractivity contribution in [1.82, 2.24) is 14.9 Å². The average molecular weight is 342 g/mol. The zero-order valence-electron chi connectivity index (χ0n) is 13.7. The molecule has 2 aliphatic rings. The largest absolute Gasteiger partial charge is 0.341 e. The van der Waals surface area contributed by atoms with Crippen LogP contribution in [0.25, 0.3) is 0 Å². The second kappa shape index (κ2) is 6.89. The van der Waals surface area contributed by atoms with Crippen LogP contribution in [0.1, 0.15) is 36.6 Å². The molecule has 0 radical (unpaired) electrons. The highest BCUT2D eigenvalue weighted by molar-refractivity contribution is 7.10. The van der Waals surface area contributed by atoms with E-state index in [2.05, 4.69) is 37.3 Å². The van der Waals surface area contributed by atoms with Gasteiger partial charge in [0.1, 0.15) is 0 Å². The van der Waals surface area contributed by atoms with Crippen molar-refractivity contribution in [2.75, 3.05) is 24.5 Å². The minimum Gasteiger partial charge on any atom is -0.341 e. The highest BCUT2D eigenvalue weighted by Crippen LogP contribution is 2.36. The van der Waals surface area contributed by atoms with Crippen molar-refractivity contribution in [3.05, 3.63) is 40.8 Å². The molecule has 4 rings (SSSR count). The molecule has 5 nitrogen and oxygen atoms in total. The maximum atomic E-state index is 13.0. The van der Waals surface area contributed by atoms with Crippen LogP contribution in [0.2, 0.25) is 0 Å². The molecule has 2 fully saturated rings. The molecule has 1 amide bonds. The highest BCUT2D eigenvalue weighted by atomic mass is 32.1. The molecule has 1 atom stereocenters. The van der Waals surface area contributed by atoms with Gasteiger partial charge in [0.2, 0.25) is 11.9 Å². The molecular formula is C18H22N4OS. The Morgan fingerprint density at radius 3 is 2.58 bits per heavy atom. The molecule has 0 unspecified atom stereocenters. The van der Waals surface area contributed by atoms with E-state index in [0.29, 0.717) is 11.9 Å². The summed E-state index contributed by atoms with van der Waals surface area (Å²) in [5.74, 6) is 1.27. The van der Waals surface area contributed by atoms with Crippen LogP contribution in [0.15, 0.2) is 36.0 Å². The molecule has 2 aliphatic heterocycles. The van der Waals surface area contributed by atoms with E-state index in [9.17, 15) is 4.79 Å². The number of likely N-dealkylation sites (tertiary alicyclic amines) is 1. The number of hydrogen-bond acceptors (Lipinski definition) is 5. The van der Waals surface area contributed by atoms with Crippen molar-refractivity contribution >= 4 is 23.2 Å². The molecule has 4 heterocycles. The minimum atomic E-state index is 0.144. The van der Waals surface area contributed by atoms with Gasteiger partial charge < -0.3 is 9.80 Å². The quantitative estimate of drug-likeness (QED) is 0.860. The van der Waals surface area contributed by atoms with Crippen LogP contribution in [0.5, 0.6) is 0 Å². The summed E-state index contributed by atoms with van der Waals surface area (Å²) in [7, 11) is 0. The van der Waals surface area contributed by atoms with E-state index in [1.807, 2.05) is 6.07 Å². The lowest BCUT2D eigenvalue weighted by atomic mass is 9.95. The Morgan fingerprint density at radius 2 is 1.88 bits per heavy atom. The lowest BCUT2D eigenvalue weighted by molar-refractivity contribution is -0.137. The summed E-state index contributed by atoms with van der Waals surface area (Å²) >= 11 is 1.77. The summed E-state index contributed by atoms with van der Waals surface area (Å²) in [6, 6.07) is 6.38. The number of thiophene rings is 1. The number of piperidine rings is 1. The molecule has 2 aromatic heterocycles. The summed E-state index contributed by atoms with van der Waals surface area (Å²) in [5.41, 5.74) is 0. The Hall–Kier alpha value is -1.95. The SMILES string of the molecule is O=C(C1CCN(c2ncccn2)CC1)N1CCC[C@@H]1c1cccs1. The molecule has 0 bridgehead atoms. The Balaban J connectivity index is 1.39. The van der Waals surface area contributed by atoms with E-state index in [-0.39, 0.29) is 5.92 Å². The van der Waals surface area contributed by atoms with Crippen molar-refractivity contribution in [3.63, 3.8) is 0 Å². The predicted octanol–water partition coefficient (Wildman–Crippen LogP) is 3.12. The number of nitrogens with zero attached hydrogens (tertiary/aromatic N) is 4. The third kappa shape index (κ3) is 3.02. The highest BCUT2D eigenvalue weighted by Gasteiger charge is 2.36. The van der Waals surface area contributed by atoms with Crippen LogP contribution < -0.4 is 4.90 Å². The van der Waals surface area contributed by atoms with Gasteiger partial charge in [0.25, 0.3) is 0 Å². The normalized spacial score (nSPS) is 22.1. The zero-order chi connectivity index (χ0) is 16.4. The fraction of sp³-hybridized carbons (Fsp3) is 0.500. The fourth-order valence-corrected chi connectivity index (χ4v) is 4.70. The van der Waals surface area contributed by atoms with Gasteiger partial charge in [0, 0.05) is 42.8 Å². The van der Waals surface area contributed by atoms with E-state index in [0.717, 1.165) is 51.3 Å². The Kier molecular flexibility index (Phi) is 4.47. The third-order valence-corrected chi connectivity index (χ3v) is 6.06. The van der Waals surface area contributed by atoms with E-state index < -0.39 is 0 Å². The molecular weight excluding hydrogens is 320 g/mol. The summed E-state index contributed by atoms with van der Waals surface area (Å²) < 4.78 is 0. The summed E-state index contributed by atoms with van der Waals surface area (Å²) in [6.45, 7) is 2.62. The number of rotatable bonds is 3. The van der Waals surface area contributed by atoms with Gasteiger partial charge in [-0.3, -0.25) is 4.79 Å². The van der Waals surface area contributed by atoms with Crippen molar-refractivity contribution < 1.29 is 4.79 Å². The van der Waals surface area contributed by atoms with E-state index in [1.165, 1.54) is 4.88 Å². The first-order valence-corrected chi connectivity index (χ1v) is 9.57. The van der Waals surface area contributed by atoms with Gasteiger partial charge in [-0.05, 0) is 43.2 Å². The summed E-state index contributed by atoms with van der Waals surface area (Å²) in [4.78, 5) is 27.3. The maximum Gasteiger partial charge on any atom is 0.226 e. The zero-order valence-corrected chi connectivity index (χ0v) is 14.5. The summed E-state index contributed by atoms with van der Waals surface area (Å²) in [6.07, 6.45) is 7.55. The molecule has 0 N–H and O–H groups in total. The van der Waals surface area contributed by atoms with Crippen molar-refractivity contribution in [3.8, 4) is 0 Å². The van der Waals surface area contributed by atoms with Gasteiger partial charge in [-0.2, -0.15) is 0 Å². The molecule has 0 saturated carbocycles. The Bertz CT molecular complexity index is 668. The fourth-order valence-electron chi connectivity index (χ4n) is 3.82. The Labute approximate surface area is 146 Å². The number of carbonyl (C=O) groups is 1. The van der Waals surface area contributed by atoms with Gasteiger partial charge >= 0.3 is 0 Å². The minimum absolute atomic E-state index is 0.144. The number of carbonyl (C=O) groups excluding carboxylic acids is 1. The van der Waals surface area contributed by atoms with Crippen LogP contribution in [0.4, 0.5) is 5.95 Å². The Morgan fingerprint density at radius 1 is 1.08 bits per heavy atom. The first-order valence-electron chi connectivity index (χ1n) is 8.69. The second-order valence-electron chi connectivity index (χ2n) is 6.52. The summed E-state index contributed by atoms with van der Waals surface area (Å²) in [5, 5.41) is 2.11. The van der Waals surface area contributed by atoms with Crippen LogP contribution in [-0.4, -0.2) is 40.4 Å². The van der Waals surface area contributed by atoms with Gasteiger partial charge in [0.15, 0.2) is 0 Å². The molecule has 24 heavy (non-hydrogen) atoms. The van der Waals surface area contributed by atoms with Gasteiger partial charge in [-0.15, -0.1) is 11.3 Å². The first kappa shape index (κ1) is 15.6. The van der Waals surface area contributed by atoms with Crippen molar-refractivity contribution in [2.24, 2.45) is 5.92 Å². The standard InChI is InChI=1S/C18H22N4OS/c23-17(22-10-1-4-15(22)16-5-2-13-24-16)14-6-11-21(12-7-14)18-19-8-3-9-20-18/h2-3,5,8-9,13-15H,1,4,6-7,10-12H2/t15-/m1/s1. The van der Waals surface area contributed by atoms with E-state index >= 15 is 0 Å². The van der Waals surface area contributed by atoms with E-state index in [4.69, 9.17) is 0 Å². The molecule has 2 aromatic rings. The van der Waals surface area contributed by atoms with Crippen molar-refractivity contribution in [2.45, 2.75) is 31.7 Å². The van der Waals surface area contributed by atoms with E-state index in [1.54, 1.807) is 23.7 Å². The molecule has 2 saturated heterocycles. The second-order valence-corrected chi connectivity index (χ2v) is 7.49.